The zero-order chi connectivity index (χ0) is 17.5. The van der Waals surface area contributed by atoms with Crippen molar-refractivity contribution in [1.82, 2.24) is 5.32 Å². The fraction of sp³-hybridized carbons (Fsp3) is 0.556. The summed E-state index contributed by atoms with van der Waals surface area (Å²) in [7, 11) is 0. The number of rotatable bonds is 8. The third kappa shape index (κ3) is 7.68. The van der Waals surface area contributed by atoms with Crippen molar-refractivity contribution in [2.75, 3.05) is 6.61 Å². The molecule has 0 radical (unpaired) electrons. The first-order valence-corrected chi connectivity index (χ1v) is 8.01. The van der Waals surface area contributed by atoms with Gasteiger partial charge >= 0.3 is 0 Å². The highest BCUT2D eigenvalue weighted by Crippen LogP contribution is 2.21. The van der Waals surface area contributed by atoms with Crippen LogP contribution >= 0.6 is 0 Å². The molecule has 3 N–H and O–H groups in total. The highest BCUT2D eigenvalue weighted by Gasteiger charge is 2.21. The van der Waals surface area contributed by atoms with Crippen molar-refractivity contribution in [3.05, 3.63) is 29.8 Å². The number of nitrogens with one attached hydrogen (secondary N) is 1. The summed E-state index contributed by atoms with van der Waals surface area (Å²) in [5.74, 6) is 0.0815. The molecule has 0 fully saturated rings. The molecular weight excluding hydrogens is 292 g/mol. The van der Waals surface area contributed by atoms with Crippen LogP contribution < -0.4 is 15.8 Å². The molecule has 0 aliphatic heterocycles. The van der Waals surface area contributed by atoms with Gasteiger partial charge < -0.3 is 15.8 Å². The second-order valence-electron chi connectivity index (χ2n) is 6.88. The first-order chi connectivity index (χ1) is 10.7. The predicted molar refractivity (Wildman–Crippen MR) is 91.1 cm³/mol. The molecule has 1 unspecified atom stereocenters. The molecule has 0 heterocycles. The van der Waals surface area contributed by atoms with Crippen molar-refractivity contribution < 1.29 is 14.3 Å². The molecule has 1 aromatic carbocycles. The minimum Gasteiger partial charge on any atom is -0.494 e. The lowest BCUT2D eigenvalue weighted by Gasteiger charge is -2.22. The first kappa shape index (κ1) is 19.0. The average molecular weight is 320 g/mol. The van der Waals surface area contributed by atoms with Crippen molar-refractivity contribution in [2.45, 2.75) is 53.0 Å². The normalized spacial score (nSPS) is 12.5. The minimum atomic E-state index is -0.621. The SMILES string of the molecule is CCOc1ccc(CC(=O)NC(CCC(C)(C)C)C(N)=O)cc1. The molecule has 0 aromatic heterocycles. The van der Waals surface area contributed by atoms with E-state index in [0.29, 0.717) is 13.0 Å². The van der Waals surface area contributed by atoms with E-state index in [1.807, 2.05) is 31.2 Å². The second-order valence-corrected chi connectivity index (χ2v) is 6.88. The van der Waals surface area contributed by atoms with Crippen LogP contribution in [0.4, 0.5) is 0 Å². The van der Waals surface area contributed by atoms with Gasteiger partial charge in [-0.15, -0.1) is 0 Å². The summed E-state index contributed by atoms with van der Waals surface area (Å²) < 4.78 is 5.36. The van der Waals surface area contributed by atoms with Gasteiger partial charge in [-0.1, -0.05) is 32.9 Å². The Hall–Kier alpha value is -2.04. The van der Waals surface area contributed by atoms with Crippen LogP contribution in [0.5, 0.6) is 5.75 Å². The molecule has 0 aliphatic rings. The number of hydrogen-bond acceptors (Lipinski definition) is 3. The van der Waals surface area contributed by atoms with Crippen LogP contribution in [0, 0.1) is 5.41 Å². The fourth-order valence-corrected chi connectivity index (χ4v) is 2.16. The van der Waals surface area contributed by atoms with E-state index in [1.165, 1.54) is 0 Å². The van der Waals surface area contributed by atoms with Crippen molar-refractivity contribution in [1.29, 1.82) is 0 Å². The Balaban J connectivity index is 2.56. The van der Waals surface area contributed by atoms with Gasteiger partial charge in [-0.25, -0.2) is 0 Å². The largest absolute Gasteiger partial charge is 0.494 e. The quantitative estimate of drug-likeness (QED) is 0.772. The molecule has 128 valence electrons. The van der Waals surface area contributed by atoms with Gasteiger partial charge in [0.05, 0.1) is 13.0 Å². The van der Waals surface area contributed by atoms with Crippen molar-refractivity contribution in [2.24, 2.45) is 11.1 Å². The lowest BCUT2D eigenvalue weighted by molar-refractivity contribution is -0.127. The van der Waals surface area contributed by atoms with Crippen LogP contribution in [0.1, 0.15) is 46.1 Å². The van der Waals surface area contributed by atoms with Crippen molar-refractivity contribution in [3.63, 3.8) is 0 Å². The van der Waals surface area contributed by atoms with Crippen LogP contribution in [0.15, 0.2) is 24.3 Å². The number of primary amides is 1. The van der Waals surface area contributed by atoms with Crippen molar-refractivity contribution >= 4 is 11.8 Å². The molecule has 0 saturated heterocycles. The molecule has 0 bridgehead atoms. The van der Waals surface area contributed by atoms with Gasteiger partial charge in [-0.3, -0.25) is 9.59 Å². The first-order valence-electron chi connectivity index (χ1n) is 8.01. The Morgan fingerprint density at radius 2 is 1.83 bits per heavy atom. The molecule has 5 nitrogen and oxygen atoms in total. The number of benzene rings is 1. The third-order valence-electron chi connectivity index (χ3n) is 3.46. The zero-order valence-electron chi connectivity index (χ0n) is 14.5. The molecular formula is C18H28N2O3. The van der Waals surface area contributed by atoms with Gasteiger partial charge in [0, 0.05) is 0 Å². The summed E-state index contributed by atoms with van der Waals surface area (Å²) in [6.07, 6.45) is 1.57. The number of carbonyl (C=O) groups excluding carboxylic acids is 2. The molecule has 2 amide bonds. The molecule has 0 aliphatic carbocycles. The second kappa shape index (κ2) is 8.56. The Kier molecular flexibility index (Phi) is 7.07. The fourth-order valence-electron chi connectivity index (χ4n) is 2.16. The van der Waals surface area contributed by atoms with Crippen LogP contribution in [0.3, 0.4) is 0 Å². The molecule has 0 saturated carbocycles. The Morgan fingerprint density at radius 3 is 2.30 bits per heavy atom. The summed E-state index contributed by atoms with van der Waals surface area (Å²) in [6, 6.07) is 6.73. The van der Waals surface area contributed by atoms with E-state index in [4.69, 9.17) is 10.5 Å². The summed E-state index contributed by atoms with van der Waals surface area (Å²) in [6.45, 7) is 8.79. The van der Waals surface area contributed by atoms with E-state index < -0.39 is 11.9 Å². The Labute approximate surface area is 138 Å². The lowest BCUT2D eigenvalue weighted by Crippen LogP contribution is -2.45. The standard InChI is InChI=1S/C18H28N2O3/c1-5-23-14-8-6-13(7-9-14)12-16(21)20-15(17(19)22)10-11-18(2,3)4/h6-9,15H,5,10-12H2,1-4H3,(H2,19,22)(H,20,21). The monoisotopic (exact) mass is 320 g/mol. The van der Waals surface area contributed by atoms with Gasteiger partial charge in [0.15, 0.2) is 0 Å². The summed E-state index contributed by atoms with van der Waals surface area (Å²) in [5, 5.41) is 2.73. The molecule has 5 heteroatoms. The average Bonchev–Trinajstić information content (AvgIpc) is 2.44. The highest BCUT2D eigenvalue weighted by atomic mass is 16.5. The van der Waals surface area contributed by atoms with Gasteiger partial charge in [-0.05, 0) is 42.9 Å². The van der Waals surface area contributed by atoms with Crippen LogP contribution in [-0.4, -0.2) is 24.5 Å². The van der Waals surface area contributed by atoms with E-state index in [1.54, 1.807) is 0 Å². The topological polar surface area (TPSA) is 81.4 Å². The predicted octanol–water partition coefficient (Wildman–Crippen LogP) is 2.42. The lowest BCUT2D eigenvalue weighted by atomic mass is 9.88. The van der Waals surface area contributed by atoms with Crippen LogP contribution in [0.25, 0.3) is 0 Å². The van der Waals surface area contributed by atoms with E-state index in [9.17, 15) is 9.59 Å². The smallest absolute Gasteiger partial charge is 0.239 e. The van der Waals surface area contributed by atoms with E-state index in [0.717, 1.165) is 17.7 Å². The number of carbonyl (C=O) groups is 2. The number of nitrogens with two attached hydrogens (primary N) is 1. The maximum absolute atomic E-state index is 12.1. The summed E-state index contributed by atoms with van der Waals surface area (Å²) >= 11 is 0. The summed E-state index contributed by atoms with van der Waals surface area (Å²) in [5.41, 5.74) is 6.35. The van der Waals surface area contributed by atoms with Gasteiger partial charge in [-0.2, -0.15) is 0 Å². The Morgan fingerprint density at radius 1 is 1.22 bits per heavy atom. The van der Waals surface area contributed by atoms with Crippen molar-refractivity contribution in [3.8, 4) is 5.75 Å². The third-order valence-corrected chi connectivity index (χ3v) is 3.46. The maximum Gasteiger partial charge on any atom is 0.239 e. The maximum atomic E-state index is 12.1. The zero-order valence-corrected chi connectivity index (χ0v) is 14.5. The van der Waals surface area contributed by atoms with Crippen LogP contribution in [0.2, 0.25) is 0 Å². The molecule has 1 atom stereocenters. The molecule has 0 spiro atoms. The highest BCUT2D eigenvalue weighted by molar-refractivity contribution is 5.87. The molecule has 1 aromatic rings. The molecule has 23 heavy (non-hydrogen) atoms. The minimum absolute atomic E-state index is 0.0908. The van der Waals surface area contributed by atoms with Crippen LogP contribution in [-0.2, 0) is 16.0 Å². The number of hydrogen-bond donors (Lipinski definition) is 2. The molecule has 1 rings (SSSR count). The number of ether oxygens (including phenoxy) is 1. The van der Waals surface area contributed by atoms with Gasteiger partial charge in [0.2, 0.25) is 11.8 Å². The Bertz CT molecular complexity index is 518. The number of amides is 2. The summed E-state index contributed by atoms with van der Waals surface area (Å²) in [4.78, 5) is 23.6. The van der Waals surface area contributed by atoms with Gasteiger partial charge in [0.25, 0.3) is 0 Å². The van der Waals surface area contributed by atoms with E-state index in [-0.39, 0.29) is 17.7 Å². The van der Waals surface area contributed by atoms with E-state index >= 15 is 0 Å². The van der Waals surface area contributed by atoms with Gasteiger partial charge in [0.1, 0.15) is 11.8 Å². The van der Waals surface area contributed by atoms with E-state index in [2.05, 4.69) is 26.1 Å².